The highest BCUT2D eigenvalue weighted by Gasteiger charge is 2.13. The molecule has 0 amide bonds. The highest BCUT2D eigenvalue weighted by atomic mass is 79.9. The van der Waals surface area contributed by atoms with E-state index in [2.05, 4.69) is 15.9 Å². The van der Waals surface area contributed by atoms with E-state index in [1.165, 1.54) is 13.4 Å². The van der Waals surface area contributed by atoms with Gasteiger partial charge in [0.05, 0.1) is 13.4 Å². The van der Waals surface area contributed by atoms with Gasteiger partial charge in [0, 0.05) is 4.47 Å². The number of benzene rings is 2. The van der Waals surface area contributed by atoms with Gasteiger partial charge in [0.25, 0.3) is 0 Å². The van der Waals surface area contributed by atoms with Gasteiger partial charge < -0.3 is 9.84 Å². The summed E-state index contributed by atoms with van der Waals surface area (Å²) >= 11 is 3.50. The first-order valence-corrected chi connectivity index (χ1v) is 8.07. The number of ether oxygens (including phenoxy) is 1. The van der Waals surface area contributed by atoms with Gasteiger partial charge in [-0.15, -0.1) is 0 Å². The van der Waals surface area contributed by atoms with Crippen molar-refractivity contribution in [3.05, 3.63) is 88.1 Å². The average Bonchev–Trinajstić information content (AvgIpc) is 2.58. The second-order valence-corrected chi connectivity index (χ2v) is 5.75. The van der Waals surface area contributed by atoms with Crippen LogP contribution in [-0.2, 0) is 9.53 Å². The van der Waals surface area contributed by atoms with E-state index in [-0.39, 0.29) is 5.57 Å². The molecule has 3 nitrogen and oxygen atoms in total. The van der Waals surface area contributed by atoms with Crippen LogP contribution in [-0.4, -0.2) is 18.2 Å². The second kappa shape index (κ2) is 8.89. The molecule has 0 fully saturated rings. The Bertz CT molecular complexity index is 804. The van der Waals surface area contributed by atoms with E-state index in [0.717, 1.165) is 15.6 Å². The molecule has 0 bridgehead atoms. The van der Waals surface area contributed by atoms with E-state index >= 15 is 0 Å². The van der Waals surface area contributed by atoms with Crippen molar-refractivity contribution in [3.63, 3.8) is 0 Å². The molecule has 122 valence electrons. The van der Waals surface area contributed by atoms with Gasteiger partial charge in [-0.25, -0.2) is 4.79 Å². The highest BCUT2D eigenvalue weighted by Crippen LogP contribution is 2.21. The Morgan fingerprint density at radius 2 is 1.58 bits per heavy atom. The molecule has 2 aromatic carbocycles. The van der Waals surface area contributed by atoms with Crippen LogP contribution in [0.4, 0.5) is 0 Å². The smallest absolute Gasteiger partial charge is 0.339 e. The Kier molecular flexibility index (Phi) is 6.58. The predicted molar refractivity (Wildman–Crippen MR) is 101 cm³/mol. The van der Waals surface area contributed by atoms with Gasteiger partial charge in [-0.2, -0.15) is 0 Å². The summed E-state index contributed by atoms with van der Waals surface area (Å²) in [5.74, 6) is -1.03. The van der Waals surface area contributed by atoms with E-state index in [4.69, 9.17) is 4.74 Å². The zero-order valence-electron chi connectivity index (χ0n) is 13.1. The fraction of sp³-hybridized carbons (Fsp3) is 0.0500. The molecule has 0 heterocycles. The number of hydrogen-bond donors (Lipinski definition) is 1. The lowest BCUT2D eigenvalue weighted by Crippen LogP contribution is -2.02. The molecule has 0 saturated heterocycles. The van der Waals surface area contributed by atoms with Gasteiger partial charge in [-0.3, -0.25) is 0 Å². The van der Waals surface area contributed by atoms with Crippen molar-refractivity contribution in [2.24, 2.45) is 0 Å². The zero-order valence-corrected chi connectivity index (χ0v) is 14.7. The third kappa shape index (κ3) is 4.70. The monoisotopic (exact) mass is 384 g/mol. The number of hydrogen-bond acceptors (Lipinski definition) is 2. The molecular weight excluding hydrogens is 368 g/mol. The first-order chi connectivity index (χ1) is 11.6. The summed E-state index contributed by atoms with van der Waals surface area (Å²) in [6.45, 7) is 0. The van der Waals surface area contributed by atoms with Crippen molar-refractivity contribution in [2.45, 2.75) is 0 Å². The molecule has 0 aliphatic carbocycles. The molecule has 24 heavy (non-hydrogen) atoms. The Labute approximate surface area is 149 Å². The van der Waals surface area contributed by atoms with Gasteiger partial charge in [-0.1, -0.05) is 82.7 Å². The molecule has 4 heteroatoms. The maximum atomic E-state index is 11.4. The van der Waals surface area contributed by atoms with Gasteiger partial charge >= 0.3 is 5.97 Å². The SMILES string of the molecule is CO/C=C(/C(=O)O)c1ccccc1/C=C/C=C/c1ccccc1Br. The Morgan fingerprint density at radius 1 is 1.00 bits per heavy atom. The van der Waals surface area contributed by atoms with Crippen molar-refractivity contribution >= 4 is 39.6 Å². The average molecular weight is 385 g/mol. The number of allylic oxidation sites excluding steroid dienone is 2. The first-order valence-electron chi connectivity index (χ1n) is 7.28. The minimum absolute atomic E-state index is 0.118. The van der Waals surface area contributed by atoms with E-state index < -0.39 is 5.97 Å². The van der Waals surface area contributed by atoms with Crippen LogP contribution >= 0.6 is 15.9 Å². The molecule has 0 aliphatic heterocycles. The first kappa shape index (κ1) is 17.8. The number of carboxylic acid groups (broad SMARTS) is 1. The molecule has 2 rings (SSSR count). The third-order valence-electron chi connectivity index (χ3n) is 3.28. The quantitative estimate of drug-likeness (QED) is 0.420. The van der Waals surface area contributed by atoms with Gasteiger partial charge in [-0.05, 0) is 22.8 Å². The normalized spacial score (nSPS) is 12.0. The standard InChI is InChI=1S/C20H17BrO3/c1-24-14-18(20(22)23)17-12-6-4-9-15(17)8-2-3-10-16-11-5-7-13-19(16)21/h2-14H,1H3,(H,22,23)/b8-2+,10-3+,18-14+. The maximum Gasteiger partial charge on any atom is 0.339 e. The van der Waals surface area contributed by atoms with E-state index in [1.54, 1.807) is 12.1 Å². The largest absolute Gasteiger partial charge is 0.503 e. The molecule has 0 aliphatic rings. The number of carboxylic acids is 1. The molecule has 2 aromatic rings. The molecule has 0 aromatic heterocycles. The van der Waals surface area contributed by atoms with Crippen molar-refractivity contribution in [2.75, 3.05) is 7.11 Å². The summed E-state index contributed by atoms with van der Waals surface area (Å²) in [6, 6.07) is 15.2. The lowest BCUT2D eigenvalue weighted by Gasteiger charge is -2.06. The Balaban J connectivity index is 2.26. The summed E-state index contributed by atoms with van der Waals surface area (Å²) in [4.78, 5) is 11.4. The number of aliphatic carboxylic acids is 1. The van der Waals surface area contributed by atoms with Crippen LogP contribution in [0.2, 0.25) is 0 Å². The van der Waals surface area contributed by atoms with Crippen LogP contribution in [0.3, 0.4) is 0 Å². The lowest BCUT2D eigenvalue weighted by atomic mass is 10.00. The highest BCUT2D eigenvalue weighted by molar-refractivity contribution is 9.10. The molecule has 0 unspecified atom stereocenters. The summed E-state index contributed by atoms with van der Waals surface area (Å²) in [7, 11) is 1.43. The molecule has 0 atom stereocenters. The number of methoxy groups -OCH3 is 1. The topological polar surface area (TPSA) is 46.5 Å². The number of rotatable bonds is 6. The molecule has 0 radical (unpaired) electrons. The van der Waals surface area contributed by atoms with Gasteiger partial charge in [0.2, 0.25) is 0 Å². The van der Waals surface area contributed by atoms with Crippen molar-refractivity contribution in [1.82, 2.24) is 0 Å². The minimum atomic E-state index is -1.03. The Hall–Kier alpha value is -2.59. The van der Waals surface area contributed by atoms with Gasteiger partial charge in [0.15, 0.2) is 0 Å². The van der Waals surface area contributed by atoms with Crippen molar-refractivity contribution in [3.8, 4) is 0 Å². The summed E-state index contributed by atoms with van der Waals surface area (Å²) in [6.07, 6.45) is 8.88. The van der Waals surface area contributed by atoms with Crippen LogP contribution in [0.1, 0.15) is 16.7 Å². The summed E-state index contributed by atoms with van der Waals surface area (Å²) < 4.78 is 5.90. The van der Waals surface area contributed by atoms with Crippen LogP contribution in [0.5, 0.6) is 0 Å². The number of halogens is 1. The molecule has 1 N–H and O–H groups in total. The number of carbonyl (C=O) groups is 1. The fourth-order valence-electron chi connectivity index (χ4n) is 2.16. The van der Waals surface area contributed by atoms with Crippen molar-refractivity contribution in [1.29, 1.82) is 0 Å². The van der Waals surface area contributed by atoms with Crippen LogP contribution in [0.25, 0.3) is 17.7 Å². The molecular formula is C20H17BrO3. The van der Waals surface area contributed by atoms with Crippen LogP contribution in [0, 0.1) is 0 Å². The zero-order chi connectivity index (χ0) is 17.4. The van der Waals surface area contributed by atoms with Crippen molar-refractivity contribution < 1.29 is 14.6 Å². The second-order valence-electron chi connectivity index (χ2n) is 4.90. The minimum Gasteiger partial charge on any atom is -0.503 e. The third-order valence-corrected chi connectivity index (χ3v) is 4.01. The van der Waals surface area contributed by atoms with E-state index in [9.17, 15) is 9.90 Å². The Morgan fingerprint density at radius 3 is 2.21 bits per heavy atom. The fourth-order valence-corrected chi connectivity index (χ4v) is 2.58. The van der Waals surface area contributed by atoms with Crippen LogP contribution in [0.15, 0.2) is 71.4 Å². The summed E-state index contributed by atoms with van der Waals surface area (Å²) in [5.41, 5.74) is 2.60. The van der Waals surface area contributed by atoms with E-state index in [0.29, 0.717) is 5.56 Å². The van der Waals surface area contributed by atoms with E-state index in [1.807, 2.05) is 60.7 Å². The lowest BCUT2D eigenvalue weighted by molar-refractivity contribution is -0.130. The van der Waals surface area contributed by atoms with Gasteiger partial charge in [0.1, 0.15) is 5.57 Å². The molecule has 0 saturated carbocycles. The summed E-state index contributed by atoms with van der Waals surface area (Å²) in [5, 5.41) is 9.34. The predicted octanol–water partition coefficient (Wildman–Crippen LogP) is 5.25. The van der Waals surface area contributed by atoms with Crippen LogP contribution < -0.4 is 0 Å². The maximum absolute atomic E-state index is 11.4. The molecule has 0 spiro atoms.